The lowest BCUT2D eigenvalue weighted by atomic mass is 9.77. The van der Waals surface area contributed by atoms with Crippen molar-refractivity contribution in [3.63, 3.8) is 0 Å². The summed E-state index contributed by atoms with van der Waals surface area (Å²) in [5.74, 6) is 0. The van der Waals surface area contributed by atoms with Crippen LogP contribution < -0.4 is 0 Å². The molecular weight excluding hydrogens is 252 g/mol. The molecule has 1 heterocycles. The highest BCUT2D eigenvalue weighted by Gasteiger charge is 2.34. The van der Waals surface area contributed by atoms with Gasteiger partial charge in [-0.05, 0) is 48.9 Å². The first-order valence-electron chi connectivity index (χ1n) is 7.09. The lowest BCUT2D eigenvalue weighted by Gasteiger charge is -2.34. The summed E-state index contributed by atoms with van der Waals surface area (Å²) < 4.78 is 0. The van der Waals surface area contributed by atoms with Crippen molar-refractivity contribution in [3.8, 4) is 0 Å². The first-order valence-corrected chi connectivity index (χ1v) is 7.91. The van der Waals surface area contributed by atoms with Gasteiger partial charge in [-0.1, -0.05) is 31.2 Å². The van der Waals surface area contributed by atoms with Gasteiger partial charge in [0, 0.05) is 16.2 Å². The van der Waals surface area contributed by atoms with Crippen LogP contribution in [0.25, 0.3) is 0 Å². The van der Waals surface area contributed by atoms with Crippen LogP contribution in [0.3, 0.4) is 0 Å². The molecule has 1 aliphatic rings. The van der Waals surface area contributed by atoms with Gasteiger partial charge in [0.2, 0.25) is 0 Å². The molecule has 0 fully saturated rings. The summed E-state index contributed by atoms with van der Waals surface area (Å²) in [5.41, 5.74) is 1.81. The molecule has 1 atom stereocenters. The molecule has 0 saturated heterocycles. The maximum absolute atomic E-state index is 11.1. The molecule has 1 aromatic carbocycles. The number of aryl methyl sites for hydroxylation is 2. The molecule has 0 saturated carbocycles. The normalized spacial score (nSPS) is 22.2. The van der Waals surface area contributed by atoms with Gasteiger partial charge in [-0.15, -0.1) is 11.3 Å². The molecule has 0 aliphatic heterocycles. The molecule has 3 rings (SSSR count). The first kappa shape index (κ1) is 12.9. The smallest absolute Gasteiger partial charge is 0.0947 e. The molecule has 2 aromatic rings. The Morgan fingerprint density at radius 2 is 1.95 bits per heavy atom. The Morgan fingerprint density at radius 3 is 2.74 bits per heavy atom. The van der Waals surface area contributed by atoms with Crippen LogP contribution in [0, 0.1) is 0 Å². The van der Waals surface area contributed by atoms with Gasteiger partial charge in [0.25, 0.3) is 0 Å². The SMILES string of the molecule is CCc1ccc(CC2(O)CCCc3ccccc32)s1. The van der Waals surface area contributed by atoms with Gasteiger partial charge < -0.3 is 5.11 Å². The third-order valence-corrected chi connectivity index (χ3v) is 5.32. The van der Waals surface area contributed by atoms with Gasteiger partial charge in [0.05, 0.1) is 5.60 Å². The zero-order chi connectivity index (χ0) is 13.3. The minimum absolute atomic E-state index is 0.662. The number of hydrogen-bond donors (Lipinski definition) is 1. The number of aliphatic hydroxyl groups is 1. The molecular formula is C17H20OS. The van der Waals surface area contributed by atoms with Crippen molar-refractivity contribution in [3.05, 3.63) is 57.3 Å². The van der Waals surface area contributed by atoms with Gasteiger partial charge in [-0.2, -0.15) is 0 Å². The summed E-state index contributed by atoms with van der Waals surface area (Å²) in [6.07, 6.45) is 4.90. The standard InChI is InChI=1S/C17H20OS/c1-2-14-9-10-15(19-14)12-17(18)11-5-7-13-6-3-4-8-16(13)17/h3-4,6,8-10,18H,2,5,7,11-12H2,1H3. The Balaban J connectivity index is 1.91. The van der Waals surface area contributed by atoms with Crippen molar-refractivity contribution in [1.29, 1.82) is 0 Å². The lowest BCUT2D eigenvalue weighted by Crippen LogP contribution is -2.32. The van der Waals surface area contributed by atoms with Crippen LogP contribution in [-0.2, 0) is 24.9 Å². The van der Waals surface area contributed by atoms with Crippen molar-refractivity contribution in [2.24, 2.45) is 0 Å². The number of rotatable bonds is 3. The van der Waals surface area contributed by atoms with Crippen LogP contribution in [0.1, 0.15) is 40.6 Å². The monoisotopic (exact) mass is 272 g/mol. The molecule has 1 N–H and O–H groups in total. The Hall–Kier alpha value is -1.12. The average Bonchev–Trinajstić information content (AvgIpc) is 2.86. The summed E-state index contributed by atoms with van der Waals surface area (Å²) >= 11 is 1.84. The molecule has 0 bridgehead atoms. The minimum Gasteiger partial charge on any atom is -0.385 e. The highest BCUT2D eigenvalue weighted by molar-refractivity contribution is 7.12. The van der Waals surface area contributed by atoms with Crippen LogP contribution in [0.5, 0.6) is 0 Å². The van der Waals surface area contributed by atoms with E-state index in [1.54, 1.807) is 0 Å². The summed E-state index contributed by atoms with van der Waals surface area (Å²) in [6, 6.07) is 12.7. The number of thiophene rings is 1. The van der Waals surface area contributed by atoms with E-state index in [1.807, 2.05) is 17.4 Å². The molecule has 1 aliphatic carbocycles. The Bertz CT molecular complexity index is 572. The van der Waals surface area contributed by atoms with Gasteiger partial charge in [-0.3, -0.25) is 0 Å². The number of hydrogen-bond acceptors (Lipinski definition) is 2. The van der Waals surface area contributed by atoms with Crippen LogP contribution in [0.4, 0.5) is 0 Å². The van der Waals surface area contributed by atoms with Gasteiger partial charge >= 0.3 is 0 Å². The van der Waals surface area contributed by atoms with Gasteiger partial charge in [0.1, 0.15) is 0 Å². The second kappa shape index (κ2) is 5.10. The topological polar surface area (TPSA) is 20.2 Å². The lowest BCUT2D eigenvalue weighted by molar-refractivity contribution is 0.0198. The van der Waals surface area contributed by atoms with E-state index < -0.39 is 5.60 Å². The van der Waals surface area contributed by atoms with E-state index in [0.29, 0.717) is 0 Å². The number of benzene rings is 1. The molecule has 2 heteroatoms. The second-order valence-electron chi connectivity index (χ2n) is 5.44. The van der Waals surface area contributed by atoms with Crippen LogP contribution in [0.15, 0.2) is 36.4 Å². The Kier molecular flexibility index (Phi) is 3.46. The van der Waals surface area contributed by atoms with Crippen molar-refractivity contribution < 1.29 is 5.11 Å². The van der Waals surface area contributed by atoms with E-state index in [1.165, 1.54) is 15.3 Å². The van der Waals surface area contributed by atoms with Gasteiger partial charge in [0.15, 0.2) is 0 Å². The van der Waals surface area contributed by atoms with Crippen LogP contribution in [-0.4, -0.2) is 5.11 Å². The maximum Gasteiger partial charge on any atom is 0.0947 e. The average molecular weight is 272 g/mol. The molecule has 1 aromatic heterocycles. The fraction of sp³-hybridized carbons (Fsp3) is 0.412. The van der Waals surface area contributed by atoms with Crippen molar-refractivity contribution in [1.82, 2.24) is 0 Å². The second-order valence-corrected chi connectivity index (χ2v) is 6.69. The predicted molar refractivity (Wildman–Crippen MR) is 80.7 cm³/mol. The van der Waals surface area contributed by atoms with Crippen LogP contribution >= 0.6 is 11.3 Å². The summed E-state index contributed by atoms with van der Waals surface area (Å²) in [4.78, 5) is 2.71. The molecule has 0 radical (unpaired) electrons. The molecule has 100 valence electrons. The Morgan fingerprint density at radius 1 is 1.16 bits per heavy atom. The molecule has 1 nitrogen and oxygen atoms in total. The molecule has 19 heavy (non-hydrogen) atoms. The van der Waals surface area contributed by atoms with Crippen LogP contribution in [0.2, 0.25) is 0 Å². The van der Waals surface area contributed by atoms with E-state index in [4.69, 9.17) is 0 Å². The van der Waals surface area contributed by atoms with Crippen molar-refractivity contribution >= 4 is 11.3 Å². The van der Waals surface area contributed by atoms with E-state index in [-0.39, 0.29) is 0 Å². The summed E-state index contributed by atoms with van der Waals surface area (Å²) in [6.45, 7) is 2.18. The van der Waals surface area contributed by atoms with Crippen molar-refractivity contribution in [2.75, 3.05) is 0 Å². The molecule has 1 unspecified atom stereocenters. The van der Waals surface area contributed by atoms with E-state index >= 15 is 0 Å². The van der Waals surface area contributed by atoms with Crippen molar-refractivity contribution in [2.45, 2.75) is 44.6 Å². The maximum atomic E-state index is 11.1. The Labute approximate surface area is 118 Å². The quantitative estimate of drug-likeness (QED) is 0.892. The molecule has 0 spiro atoms. The highest BCUT2D eigenvalue weighted by atomic mass is 32.1. The zero-order valence-electron chi connectivity index (χ0n) is 11.4. The highest BCUT2D eigenvalue weighted by Crippen LogP contribution is 2.38. The van der Waals surface area contributed by atoms with E-state index in [9.17, 15) is 5.11 Å². The third-order valence-electron chi connectivity index (χ3n) is 4.09. The first-order chi connectivity index (χ1) is 9.21. The summed E-state index contributed by atoms with van der Waals surface area (Å²) in [7, 11) is 0. The predicted octanol–water partition coefficient (Wildman–Crippen LogP) is 4.08. The van der Waals surface area contributed by atoms with E-state index in [0.717, 1.165) is 37.7 Å². The summed E-state index contributed by atoms with van der Waals surface area (Å²) in [5, 5.41) is 11.1. The molecule has 0 amide bonds. The minimum atomic E-state index is -0.662. The van der Waals surface area contributed by atoms with Gasteiger partial charge in [-0.25, -0.2) is 0 Å². The third kappa shape index (κ3) is 2.47. The van der Waals surface area contributed by atoms with E-state index in [2.05, 4.69) is 37.3 Å². The fourth-order valence-corrected chi connectivity index (χ4v) is 4.14. The largest absolute Gasteiger partial charge is 0.385 e. The fourth-order valence-electron chi connectivity index (χ4n) is 3.08. The zero-order valence-corrected chi connectivity index (χ0v) is 12.2. The number of fused-ring (bicyclic) bond motifs is 1.